The molecule has 0 aliphatic carbocycles. The Morgan fingerprint density at radius 3 is 2.25 bits per heavy atom. The van der Waals surface area contributed by atoms with E-state index >= 15 is 0 Å². The van der Waals surface area contributed by atoms with Crippen LogP contribution < -0.4 is 4.74 Å². The molecule has 2 heterocycles. The van der Waals surface area contributed by atoms with E-state index in [9.17, 15) is 9.59 Å². The molecule has 2 aliphatic rings. The Kier molecular flexibility index (Phi) is 7.18. The zero-order valence-electron chi connectivity index (χ0n) is 16.0. The van der Waals surface area contributed by atoms with E-state index in [1.54, 1.807) is 29.2 Å². The Morgan fingerprint density at radius 2 is 1.64 bits per heavy atom. The highest BCUT2D eigenvalue weighted by atomic mass is 35.5. The standard InChI is InChI=1S/C21H26ClN3O3/c1-2-9-23-10-7-17(8-11-23)21(27)25-14-12-24(13-15-25)20(26)16-28-19-5-3-18(22)4-6-19/h1,3-6,17H,7-16H2. The summed E-state index contributed by atoms with van der Waals surface area (Å²) in [5, 5.41) is 0.626. The lowest BCUT2D eigenvalue weighted by Crippen LogP contribution is -2.53. The van der Waals surface area contributed by atoms with Crippen LogP contribution in [0.3, 0.4) is 0 Å². The van der Waals surface area contributed by atoms with E-state index in [1.807, 2.05) is 4.90 Å². The predicted molar refractivity (Wildman–Crippen MR) is 108 cm³/mol. The maximum Gasteiger partial charge on any atom is 0.260 e. The van der Waals surface area contributed by atoms with Gasteiger partial charge in [0.15, 0.2) is 6.61 Å². The van der Waals surface area contributed by atoms with E-state index in [2.05, 4.69) is 10.8 Å². The van der Waals surface area contributed by atoms with E-state index in [4.69, 9.17) is 22.8 Å². The first-order chi connectivity index (χ1) is 13.6. The van der Waals surface area contributed by atoms with E-state index in [1.165, 1.54) is 0 Å². The number of rotatable bonds is 5. The topological polar surface area (TPSA) is 53.1 Å². The highest BCUT2D eigenvalue weighted by Gasteiger charge is 2.31. The van der Waals surface area contributed by atoms with Gasteiger partial charge in [-0.15, -0.1) is 6.42 Å². The van der Waals surface area contributed by atoms with Crippen LogP contribution in [0.4, 0.5) is 0 Å². The van der Waals surface area contributed by atoms with Crippen molar-refractivity contribution in [2.75, 3.05) is 52.4 Å². The van der Waals surface area contributed by atoms with Gasteiger partial charge in [0.2, 0.25) is 5.91 Å². The predicted octanol–water partition coefficient (Wildman–Crippen LogP) is 1.73. The van der Waals surface area contributed by atoms with Crippen molar-refractivity contribution >= 4 is 23.4 Å². The molecule has 2 aliphatic heterocycles. The Hall–Kier alpha value is -2.23. The third kappa shape index (κ3) is 5.40. The number of ether oxygens (including phenoxy) is 1. The number of halogens is 1. The molecule has 0 unspecified atom stereocenters. The van der Waals surface area contributed by atoms with Crippen molar-refractivity contribution in [1.82, 2.24) is 14.7 Å². The largest absolute Gasteiger partial charge is 0.484 e. The van der Waals surface area contributed by atoms with Gasteiger partial charge in [-0.1, -0.05) is 17.5 Å². The van der Waals surface area contributed by atoms with E-state index in [-0.39, 0.29) is 24.3 Å². The molecular weight excluding hydrogens is 378 g/mol. The number of piperazine rings is 1. The van der Waals surface area contributed by atoms with Crippen LogP contribution in [0.5, 0.6) is 5.75 Å². The molecule has 3 rings (SSSR count). The first-order valence-corrected chi connectivity index (χ1v) is 10.1. The summed E-state index contributed by atoms with van der Waals surface area (Å²) >= 11 is 5.84. The first kappa shape index (κ1) is 20.5. The van der Waals surface area contributed by atoms with Gasteiger partial charge in [0.1, 0.15) is 5.75 Å². The minimum atomic E-state index is -0.0651. The average Bonchev–Trinajstić information content (AvgIpc) is 2.73. The van der Waals surface area contributed by atoms with Gasteiger partial charge < -0.3 is 14.5 Å². The Bertz CT molecular complexity index is 715. The third-order valence-electron chi connectivity index (χ3n) is 5.37. The summed E-state index contributed by atoms with van der Waals surface area (Å²) in [6.45, 7) is 4.65. The molecule has 1 aromatic carbocycles. The molecule has 0 saturated carbocycles. The van der Waals surface area contributed by atoms with Gasteiger partial charge in [-0.3, -0.25) is 14.5 Å². The van der Waals surface area contributed by atoms with Crippen LogP contribution in [0.15, 0.2) is 24.3 Å². The Morgan fingerprint density at radius 1 is 1.04 bits per heavy atom. The van der Waals surface area contributed by atoms with Gasteiger partial charge in [0.25, 0.3) is 5.91 Å². The molecule has 0 atom stereocenters. The first-order valence-electron chi connectivity index (χ1n) is 9.67. The summed E-state index contributed by atoms with van der Waals surface area (Å²) in [7, 11) is 0. The molecule has 7 heteroatoms. The van der Waals surface area contributed by atoms with Crippen molar-refractivity contribution in [2.24, 2.45) is 5.92 Å². The number of carbonyl (C=O) groups excluding carboxylic acids is 2. The molecule has 2 amide bonds. The summed E-state index contributed by atoms with van der Waals surface area (Å²) in [4.78, 5) is 31.0. The number of carbonyl (C=O) groups is 2. The summed E-state index contributed by atoms with van der Waals surface area (Å²) in [5.74, 6) is 3.50. The van der Waals surface area contributed by atoms with Crippen LogP contribution in [0.1, 0.15) is 12.8 Å². The molecule has 0 radical (unpaired) electrons. The van der Waals surface area contributed by atoms with Crippen molar-refractivity contribution in [3.63, 3.8) is 0 Å². The van der Waals surface area contributed by atoms with Gasteiger partial charge in [-0.2, -0.15) is 0 Å². The van der Waals surface area contributed by atoms with E-state index in [0.29, 0.717) is 43.5 Å². The molecule has 0 bridgehead atoms. The fourth-order valence-electron chi connectivity index (χ4n) is 3.67. The van der Waals surface area contributed by atoms with E-state index in [0.717, 1.165) is 25.9 Å². The van der Waals surface area contributed by atoms with Crippen LogP contribution in [-0.2, 0) is 9.59 Å². The van der Waals surface area contributed by atoms with Crippen LogP contribution in [0, 0.1) is 18.3 Å². The smallest absolute Gasteiger partial charge is 0.260 e. The third-order valence-corrected chi connectivity index (χ3v) is 5.62. The minimum absolute atomic E-state index is 0.0107. The fraction of sp³-hybridized carbons (Fsp3) is 0.524. The van der Waals surface area contributed by atoms with Crippen molar-refractivity contribution < 1.29 is 14.3 Å². The number of benzene rings is 1. The van der Waals surface area contributed by atoms with Gasteiger partial charge >= 0.3 is 0 Å². The maximum absolute atomic E-state index is 12.8. The molecule has 6 nitrogen and oxygen atoms in total. The molecule has 28 heavy (non-hydrogen) atoms. The highest BCUT2D eigenvalue weighted by molar-refractivity contribution is 6.30. The molecule has 2 fully saturated rings. The number of hydrogen-bond acceptors (Lipinski definition) is 4. The Balaban J connectivity index is 1.40. The van der Waals surface area contributed by atoms with Crippen molar-refractivity contribution in [3.8, 4) is 18.1 Å². The normalized spacial score (nSPS) is 18.6. The van der Waals surface area contributed by atoms with Gasteiger partial charge in [-0.25, -0.2) is 0 Å². The highest BCUT2D eigenvalue weighted by Crippen LogP contribution is 2.20. The monoisotopic (exact) mass is 403 g/mol. The second kappa shape index (κ2) is 9.81. The van der Waals surface area contributed by atoms with Gasteiger partial charge in [-0.05, 0) is 50.2 Å². The molecule has 0 N–H and O–H groups in total. The number of terminal acetylenes is 1. The lowest BCUT2D eigenvalue weighted by atomic mass is 9.95. The second-order valence-electron chi connectivity index (χ2n) is 7.20. The lowest BCUT2D eigenvalue weighted by molar-refractivity contribution is -0.143. The summed E-state index contributed by atoms with van der Waals surface area (Å²) < 4.78 is 5.53. The molecule has 0 aromatic heterocycles. The zero-order chi connectivity index (χ0) is 19.9. The summed E-state index contributed by atoms with van der Waals surface area (Å²) in [6, 6.07) is 6.92. The molecule has 1 aromatic rings. The summed E-state index contributed by atoms with van der Waals surface area (Å²) in [5.41, 5.74) is 0. The number of amides is 2. The second-order valence-corrected chi connectivity index (χ2v) is 7.64. The number of piperidine rings is 1. The molecule has 0 spiro atoms. The van der Waals surface area contributed by atoms with Crippen molar-refractivity contribution in [3.05, 3.63) is 29.3 Å². The molecule has 2 saturated heterocycles. The van der Waals surface area contributed by atoms with Crippen LogP contribution in [0.2, 0.25) is 5.02 Å². The van der Waals surface area contributed by atoms with Crippen molar-refractivity contribution in [2.45, 2.75) is 12.8 Å². The minimum Gasteiger partial charge on any atom is -0.484 e. The van der Waals surface area contributed by atoms with Crippen LogP contribution in [-0.4, -0.2) is 78.9 Å². The number of hydrogen-bond donors (Lipinski definition) is 0. The molecular formula is C21H26ClN3O3. The summed E-state index contributed by atoms with van der Waals surface area (Å²) in [6.07, 6.45) is 7.07. The van der Waals surface area contributed by atoms with Crippen LogP contribution >= 0.6 is 11.6 Å². The van der Waals surface area contributed by atoms with Crippen molar-refractivity contribution in [1.29, 1.82) is 0 Å². The Labute approximate surface area is 171 Å². The molecule has 150 valence electrons. The lowest BCUT2D eigenvalue weighted by Gasteiger charge is -2.38. The fourth-order valence-corrected chi connectivity index (χ4v) is 3.79. The SMILES string of the molecule is C#CCN1CCC(C(=O)N2CCN(C(=O)COc3ccc(Cl)cc3)CC2)CC1. The van der Waals surface area contributed by atoms with E-state index < -0.39 is 0 Å². The average molecular weight is 404 g/mol. The van der Waals surface area contributed by atoms with Crippen LogP contribution in [0.25, 0.3) is 0 Å². The van der Waals surface area contributed by atoms with Gasteiger partial charge in [0.05, 0.1) is 6.54 Å². The van der Waals surface area contributed by atoms with Gasteiger partial charge in [0, 0.05) is 37.1 Å². The number of likely N-dealkylation sites (tertiary alicyclic amines) is 1. The number of nitrogens with zero attached hydrogens (tertiary/aromatic N) is 3. The maximum atomic E-state index is 12.8. The zero-order valence-corrected chi connectivity index (χ0v) is 16.7. The quantitative estimate of drug-likeness (QED) is 0.703.